The molecule has 2 bridgehead atoms. The third-order valence-corrected chi connectivity index (χ3v) is 3.86. The maximum absolute atomic E-state index is 13.6. The molecular weight excluding hydrogens is 226 g/mol. The minimum Gasteiger partial charge on any atom is -0.388 e. The quantitative estimate of drug-likeness (QED) is 0.860. The SMILES string of the molecule is OC(c1cccc(F)c1F)C1CC2CCC1O2. The van der Waals surface area contributed by atoms with E-state index in [-0.39, 0.29) is 23.7 Å². The van der Waals surface area contributed by atoms with Crippen molar-refractivity contribution in [3.8, 4) is 0 Å². The highest BCUT2D eigenvalue weighted by Gasteiger charge is 2.44. The molecule has 4 atom stereocenters. The first kappa shape index (κ1) is 11.1. The lowest BCUT2D eigenvalue weighted by molar-refractivity contribution is 0.0403. The normalized spacial score (nSPS) is 33.0. The monoisotopic (exact) mass is 240 g/mol. The molecule has 4 unspecified atom stereocenters. The van der Waals surface area contributed by atoms with Crippen LogP contribution in [0.3, 0.4) is 0 Å². The molecule has 0 amide bonds. The van der Waals surface area contributed by atoms with Crippen LogP contribution in [-0.2, 0) is 4.74 Å². The highest BCUT2D eigenvalue weighted by molar-refractivity contribution is 5.22. The number of rotatable bonds is 2. The first-order valence-corrected chi connectivity index (χ1v) is 5.94. The van der Waals surface area contributed by atoms with Gasteiger partial charge in [0.25, 0.3) is 0 Å². The van der Waals surface area contributed by atoms with Crippen LogP contribution in [0.1, 0.15) is 30.9 Å². The number of hydrogen-bond donors (Lipinski definition) is 1. The van der Waals surface area contributed by atoms with Crippen molar-refractivity contribution in [2.75, 3.05) is 0 Å². The van der Waals surface area contributed by atoms with Gasteiger partial charge in [0.2, 0.25) is 0 Å². The van der Waals surface area contributed by atoms with Crippen molar-refractivity contribution in [1.29, 1.82) is 0 Å². The van der Waals surface area contributed by atoms with Gasteiger partial charge in [-0.15, -0.1) is 0 Å². The lowest BCUT2D eigenvalue weighted by atomic mass is 9.82. The molecule has 2 heterocycles. The van der Waals surface area contributed by atoms with Crippen LogP contribution in [0.25, 0.3) is 0 Å². The summed E-state index contributed by atoms with van der Waals surface area (Å²) < 4.78 is 32.3. The average molecular weight is 240 g/mol. The third kappa shape index (κ3) is 1.76. The zero-order valence-corrected chi connectivity index (χ0v) is 9.27. The van der Waals surface area contributed by atoms with Crippen molar-refractivity contribution in [2.45, 2.75) is 37.6 Å². The Kier molecular flexibility index (Phi) is 2.64. The van der Waals surface area contributed by atoms with Gasteiger partial charge in [-0.1, -0.05) is 12.1 Å². The second-order valence-electron chi connectivity index (χ2n) is 4.86. The first-order chi connectivity index (χ1) is 8.16. The Morgan fingerprint density at radius 2 is 2.12 bits per heavy atom. The fourth-order valence-electron chi connectivity index (χ4n) is 2.99. The molecule has 17 heavy (non-hydrogen) atoms. The van der Waals surface area contributed by atoms with E-state index in [9.17, 15) is 13.9 Å². The number of halogens is 2. The third-order valence-electron chi connectivity index (χ3n) is 3.86. The Hall–Kier alpha value is -1.00. The molecular formula is C13H14F2O2. The number of fused-ring (bicyclic) bond motifs is 2. The summed E-state index contributed by atoms with van der Waals surface area (Å²) in [6, 6.07) is 3.92. The summed E-state index contributed by atoms with van der Waals surface area (Å²) in [5.74, 6) is -1.96. The second-order valence-corrected chi connectivity index (χ2v) is 4.86. The Balaban J connectivity index is 1.86. The number of benzene rings is 1. The number of aliphatic hydroxyl groups excluding tert-OH is 1. The van der Waals surface area contributed by atoms with E-state index in [0.29, 0.717) is 0 Å². The largest absolute Gasteiger partial charge is 0.388 e. The molecule has 2 aliphatic heterocycles. The minimum atomic E-state index is -0.971. The summed E-state index contributed by atoms with van der Waals surface area (Å²) >= 11 is 0. The Morgan fingerprint density at radius 1 is 1.29 bits per heavy atom. The molecule has 92 valence electrons. The molecule has 0 spiro atoms. The fourth-order valence-corrected chi connectivity index (χ4v) is 2.99. The molecule has 2 fully saturated rings. The highest BCUT2D eigenvalue weighted by Crippen LogP contribution is 2.45. The number of aliphatic hydroxyl groups is 1. The zero-order chi connectivity index (χ0) is 12.0. The van der Waals surface area contributed by atoms with Crippen molar-refractivity contribution in [2.24, 2.45) is 5.92 Å². The Bertz CT molecular complexity index is 435. The molecule has 1 N–H and O–H groups in total. The van der Waals surface area contributed by atoms with E-state index in [1.54, 1.807) is 0 Å². The molecule has 2 nitrogen and oxygen atoms in total. The van der Waals surface area contributed by atoms with Crippen molar-refractivity contribution in [1.82, 2.24) is 0 Å². The molecule has 2 saturated heterocycles. The second kappa shape index (κ2) is 4.03. The molecule has 3 rings (SSSR count). The molecule has 0 radical (unpaired) electrons. The topological polar surface area (TPSA) is 29.5 Å². The van der Waals surface area contributed by atoms with Gasteiger partial charge >= 0.3 is 0 Å². The van der Waals surface area contributed by atoms with E-state index < -0.39 is 17.7 Å². The Morgan fingerprint density at radius 3 is 2.76 bits per heavy atom. The van der Waals surface area contributed by atoms with Crippen LogP contribution >= 0.6 is 0 Å². The van der Waals surface area contributed by atoms with E-state index >= 15 is 0 Å². The zero-order valence-electron chi connectivity index (χ0n) is 9.27. The lowest BCUT2D eigenvalue weighted by Gasteiger charge is -2.24. The summed E-state index contributed by atoms with van der Waals surface area (Å²) in [6.07, 6.45) is 1.87. The summed E-state index contributed by atoms with van der Waals surface area (Å²) in [7, 11) is 0. The summed E-state index contributed by atoms with van der Waals surface area (Å²) in [4.78, 5) is 0. The molecule has 1 aromatic carbocycles. The number of hydrogen-bond acceptors (Lipinski definition) is 2. The van der Waals surface area contributed by atoms with Gasteiger partial charge in [-0.25, -0.2) is 8.78 Å². The summed E-state index contributed by atoms with van der Waals surface area (Å²) in [6.45, 7) is 0. The average Bonchev–Trinajstić information content (AvgIpc) is 2.94. The fraction of sp³-hybridized carbons (Fsp3) is 0.538. The van der Waals surface area contributed by atoms with Crippen LogP contribution in [0.15, 0.2) is 18.2 Å². The smallest absolute Gasteiger partial charge is 0.164 e. The predicted octanol–water partition coefficient (Wildman–Crippen LogP) is 2.57. The molecule has 0 aliphatic carbocycles. The predicted molar refractivity (Wildman–Crippen MR) is 57.3 cm³/mol. The summed E-state index contributed by atoms with van der Waals surface area (Å²) in [5.41, 5.74) is 0.0474. The highest BCUT2D eigenvalue weighted by atomic mass is 19.2. The molecule has 0 saturated carbocycles. The van der Waals surface area contributed by atoms with Crippen LogP contribution in [0.5, 0.6) is 0 Å². The summed E-state index contributed by atoms with van der Waals surface area (Å²) in [5, 5.41) is 10.2. The lowest BCUT2D eigenvalue weighted by Crippen LogP contribution is -2.24. The van der Waals surface area contributed by atoms with E-state index in [2.05, 4.69) is 0 Å². The van der Waals surface area contributed by atoms with Gasteiger partial charge in [0, 0.05) is 11.5 Å². The van der Waals surface area contributed by atoms with Gasteiger partial charge < -0.3 is 9.84 Å². The van der Waals surface area contributed by atoms with Crippen LogP contribution in [-0.4, -0.2) is 17.3 Å². The maximum Gasteiger partial charge on any atom is 0.164 e. The van der Waals surface area contributed by atoms with Crippen molar-refractivity contribution >= 4 is 0 Å². The molecule has 4 heteroatoms. The van der Waals surface area contributed by atoms with Crippen molar-refractivity contribution < 1.29 is 18.6 Å². The minimum absolute atomic E-state index is 0.00216. The van der Waals surface area contributed by atoms with Gasteiger partial charge in [-0.05, 0) is 25.3 Å². The molecule has 1 aromatic rings. The first-order valence-electron chi connectivity index (χ1n) is 5.94. The van der Waals surface area contributed by atoms with Crippen molar-refractivity contribution in [3.63, 3.8) is 0 Å². The van der Waals surface area contributed by atoms with E-state index in [4.69, 9.17) is 4.74 Å². The van der Waals surface area contributed by atoms with E-state index in [1.807, 2.05) is 0 Å². The van der Waals surface area contributed by atoms with Crippen LogP contribution in [0.2, 0.25) is 0 Å². The van der Waals surface area contributed by atoms with E-state index in [0.717, 1.165) is 25.3 Å². The molecule has 2 aliphatic rings. The number of ether oxygens (including phenoxy) is 1. The van der Waals surface area contributed by atoms with Crippen LogP contribution < -0.4 is 0 Å². The van der Waals surface area contributed by atoms with E-state index in [1.165, 1.54) is 12.1 Å². The van der Waals surface area contributed by atoms with Crippen molar-refractivity contribution in [3.05, 3.63) is 35.4 Å². The van der Waals surface area contributed by atoms with Gasteiger partial charge in [-0.3, -0.25) is 0 Å². The molecule has 0 aromatic heterocycles. The van der Waals surface area contributed by atoms with Crippen LogP contribution in [0.4, 0.5) is 8.78 Å². The van der Waals surface area contributed by atoms with Gasteiger partial charge in [0.1, 0.15) is 0 Å². The Labute approximate surface area is 98.2 Å². The van der Waals surface area contributed by atoms with Gasteiger partial charge in [0.05, 0.1) is 18.3 Å². The van der Waals surface area contributed by atoms with Gasteiger partial charge in [0.15, 0.2) is 11.6 Å². The standard InChI is InChI=1S/C13H14F2O2/c14-10-3-1-2-8(12(10)15)13(16)9-6-7-4-5-11(9)17-7/h1-3,7,9,11,13,16H,4-6H2. The van der Waals surface area contributed by atoms with Gasteiger partial charge in [-0.2, -0.15) is 0 Å². The van der Waals surface area contributed by atoms with Crippen LogP contribution in [0, 0.1) is 17.6 Å². The maximum atomic E-state index is 13.6.